The first kappa shape index (κ1) is 17.9. The van der Waals surface area contributed by atoms with Crippen molar-refractivity contribution in [2.24, 2.45) is 0 Å². The van der Waals surface area contributed by atoms with Gasteiger partial charge >= 0.3 is 5.97 Å². The Morgan fingerprint density at radius 1 is 1.00 bits per heavy atom. The quantitative estimate of drug-likeness (QED) is 0.379. The fourth-order valence-corrected chi connectivity index (χ4v) is 2.82. The van der Waals surface area contributed by atoms with Gasteiger partial charge in [-0.2, -0.15) is 0 Å². The molecular formula is C22H18O6. The highest BCUT2D eigenvalue weighted by Crippen LogP contribution is 2.30. The van der Waals surface area contributed by atoms with Gasteiger partial charge in [0.05, 0.1) is 13.2 Å². The van der Waals surface area contributed by atoms with Crippen LogP contribution < -0.4 is 9.47 Å². The van der Waals surface area contributed by atoms with E-state index in [2.05, 4.69) is 0 Å². The molecule has 3 aromatic rings. The third-order valence-corrected chi connectivity index (χ3v) is 4.23. The molecule has 0 bridgehead atoms. The molecule has 0 N–H and O–H groups in total. The summed E-state index contributed by atoms with van der Waals surface area (Å²) < 4.78 is 21.7. The standard InChI is InChI=1S/C22H18O6/c23-17(20-13-16-4-1-2-5-18(16)28-20)14-27-22(24)9-7-15-6-8-19-21(12-15)26-11-3-10-25-19/h1-2,4-9,12-13H,3,10-11,14H2/b9-7+. The third-order valence-electron chi connectivity index (χ3n) is 4.23. The zero-order chi connectivity index (χ0) is 19.3. The molecule has 2 aromatic carbocycles. The average Bonchev–Trinajstić information content (AvgIpc) is 3.02. The van der Waals surface area contributed by atoms with Gasteiger partial charge in [-0.15, -0.1) is 0 Å². The number of hydrogen-bond donors (Lipinski definition) is 0. The van der Waals surface area contributed by atoms with Crippen LogP contribution in [0.1, 0.15) is 22.5 Å². The van der Waals surface area contributed by atoms with Crippen LogP contribution in [0.25, 0.3) is 17.0 Å². The van der Waals surface area contributed by atoms with Crippen LogP contribution in [0.5, 0.6) is 11.5 Å². The van der Waals surface area contributed by atoms with Gasteiger partial charge in [-0.05, 0) is 35.9 Å². The zero-order valence-corrected chi connectivity index (χ0v) is 15.1. The lowest BCUT2D eigenvalue weighted by Gasteiger charge is -2.07. The second-order valence-corrected chi connectivity index (χ2v) is 6.27. The van der Waals surface area contributed by atoms with Crippen LogP contribution in [0.4, 0.5) is 0 Å². The highest BCUT2D eigenvalue weighted by Gasteiger charge is 2.14. The Morgan fingerprint density at radius 2 is 1.82 bits per heavy atom. The summed E-state index contributed by atoms with van der Waals surface area (Å²) in [6, 6.07) is 14.4. The minimum Gasteiger partial charge on any atom is -0.490 e. The number of benzene rings is 2. The van der Waals surface area contributed by atoms with Gasteiger partial charge < -0.3 is 18.6 Å². The van der Waals surface area contributed by atoms with Crippen LogP contribution >= 0.6 is 0 Å². The van der Waals surface area contributed by atoms with Crippen molar-refractivity contribution in [3.63, 3.8) is 0 Å². The van der Waals surface area contributed by atoms with E-state index >= 15 is 0 Å². The van der Waals surface area contributed by atoms with E-state index < -0.39 is 11.8 Å². The highest BCUT2D eigenvalue weighted by molar-refractivity contribution is 5.99. The second-order valence-electron chi connectivity index (χ2n) is 6.27. The van der Waals surface area contributed by atoms with Crippen molar-refractivity contribution >= 4 is 28.8 Å². The number of Topliss-reactive ketones (excluding diaryl/α,β-unsaturated/α-hetero) is 1. The van der Waals surface area contributed by atoms with Crippen molar-refractivity contribution in [1.82, 2.24) is 0 Å². The molecule has 0 aliphatic carbocycles. The molecule has 0 amide bonds. The summed E-state index contributed by atoms with van der Waals surface area (Å²) in [6.45, 7) is 0.823. The Labute approximate surface area is 161 Å². The first-order valence-corrected chi connectivity index (χ1v) is 8.95. The van der Waals surface area contributed by atoms with Crippen LogP contribution in [-0.4, -0.2) is 31.6 Å². The molecule has 4 rings (SSSR count). The molecule has 0 fully saturated rings. The van der Waals surface area contributed by atoms with Crippen molar-refractivity contribution in [3.05, 3.63) is 65.9 Å². The van der Waals surface area contributed by atoms with E-state index in [-0.39, 0.29) is 12.4 Å². The van der Waals surface area contributed by atoms with Crippen molar-refractivity contribution in [2.75, 3.05) is 19.8 Å². The molecule has 6 nitrogen and oxygen atoms in total. The highest BCUT2D eigenvalue weighted by atomic mass is 16.5. The molecule has 0 atom stereocenters. The van der Waals surface area contributed by atoms with Crippen molar-refractivity contribution in [2.45, 2.75) is 6.42 Å². The van der Waals surface area contributed by atoms with Gasteiger partial charge in [-0.25, -0.2) is 4.79 Å². The predicted octanol–water partition coefficient (Wildman–Crippen LogP) is 4.03. The van der Waals surface area contributed by atoms with Crippen molar-refractivity contribution in [3.8, 4) is 11.5 Å². The summed E-state index contributed by atoms with van der Waals surface area (Å²) in [5.74, 6) is 0.493. The number of hydrogen-bond acceptors (Lipinski definition) is 6. The maximum atomic E-state index is 12.2. The molecule has 28 heavy (non-hydrogen) atoms. The maximum Gasteiger partial charge on any atom is 0.331 e. The van der Waals surface area contributed by atoms with Gasteiger partial charge in [0.2, 0.25) is 5.78 Å². The second kappa shape index (κ2) is 8.00. The van der Waals surface area contributed by atoms with E-state index in [4.69, 9.17) is 18.6 Å². The van der Waals surface area contributed by atoms with Crippen LogP contribution in [0, 0.1) is 0 Å². The summed E-state index contributed by atoms with van der Waals surface area (Å²) in [4.78, 5) is 24.1. The van der Waals surface area contributed by atoms with Gasteiger partial charge in [-0.1, -0.05) is 24.3 Å². The van der Waals surface area contributed by atoms with E-state index in [9.17, 15) is 9.59 Å². The molecule has 6 heteroatoms. The minimum atomic E-state index is -0.614. The summed E-state index contributed by atoms with van der Waals surface area (Å²) in [6.07, 6.45) is 3.69. The molecule has 1 aliphatic heterocycles. The van der Waals surface area contributed by atoms with E-state index in [1.54, 1.807) is 30.3 Å². The number of fused-ring (bicyclic) bond motifs is 2. The Balaban J connectivity index is 1.35. The van der Waals surface area contributed by atoms with Gasteiger partial charge in [-0.3, -0.25) is 4.79 Å². The number of carbonyl (C=O) groups excluding carboxylic acids is 2. The normalized spacial score (nSPS) is 13.4. The molecule has 142 valence electrons. The third kappa shape index (κ3) is 4.06. The number of carbonyl (C=O) groups is 2. The fourth-order valence-electron chi connectivity index (χ4n) is 2.82. The maximum absolute atomic E-state index is 12.2. The topological polar surface area (TPSA) is 75.0 Å². The Morgan fingerprint density at radius 3 is 2.68 bits per heavy atom. The SMILES string of the molecule is O=C(/C=C/c1ccc2c(c1)OCCCO2)OCC(=O)c1cc2ccccc2o1. The molecule has 2 heterocycles. The molecular weight excluding hydrogens is 360 g/mol. The summed E-state index contributed by atoms with van der Waals surface area (Å²) in [5.41, 5.74) is 1.39. The molecule has 0 spiro atoms. The lowest BCUT2D eigenvalue weighted by Crippen LogP contribution is -2.11. The molecule has 0 saturated carbocycles. The zero-order valence-electron chi connectivity index (χ0n) is 15.1. The lowest BCUT2D eigenvalue weighted by molar-refractivity contribution is -0.136. The largest absolute Gasteiger partial charge is 0.490 e. The van der Waals surface area contributed by atoms with Crippen LogP contribution in [0.2, 0.25) is 0 Å². The van der Waals surface area contributed by atoms with Gasteiger partial charge in [0.25, 0.3) is 0 Å². The van der Waals surface area contributed by atoms with Gasteiger partial charge in [0.15, 0.2) is 23.9 Å². The van der Waals surface area contributed by atoms with Gasteiger partial charge in [0.1, 0.15) is 5.58 Å². The smallest absolute Gasteiger partial charge is 0.331 e. The lowest BCUT2D eigenvalue weighted by atomic mass is 10.2. The Hall–Kier alpha value is -3.54. The van der Waals surface area contributed by atoms with Crippen LogP contribution in [0.15, 0.2) is 59.0 Å². The van der Waals surface area contributed by atoms with Crippen LogP contribution in [0.3, 0.4) is 0 Å². The molecule has 0 saturated heterocycles. The molecule has 1 aromatic heterocycles. The number of rotatable bonds is 5. The van der Waals surface area contributed by atoms with E-state index in [1.165, 1.54) is 6.08 Å². The van der Waals surface area contributed by atoms with Gasteiger partial charge in [0, 0.05) is 17.9 Å². The number of ether oxygens (including phenoxy) is 3. The minimum absolute atomic E-state index is 0.167. The Bertz CT molecular complexity index is 1010. The first-order chi connectivity index (χ1) is 13.7. The number of para-hydroxylation sites is 1. The monoisotopic (exact) mass is 378 g/mol. The summed E-state index contributed by atoms with van der Waals surface area (Å²) in [5, 5.41) is 0.825. The fraction of sp³-hybridized carbons (Fsp3) is 0.182. The van der Waals surface area contributed by atoms with E-state index in [0.717, 1.165) is 17.4 Å². The number of ketones is 1. The Kier molecular flexibility index (Phi) is 5.10. The average molecular weight is 378 g/mol. The number of esters is 1. The molecule has 0 unspecified atom stereocenters. The summed E-state index contributed by atoms with van der Waals surface area (Å²) in [7, 11) is 0. The first-order valence-electron chi connectivity index (χ1n) is 8.95. The number of furan rings is 1. The predicted molar refractivity (Wildman–Crippen MR) is 103 cm³/mol. The molecule has 1 aliphatic rings. The van der Waals surface area contributed by atoms with Crippen molar-refractivity contribution < 1.29 is 28.2 Å². The van der Waals surface area contributed by atoms with Crippen molar-refractivity contribution in [1.29, 1.82) is 0 Å². The molecule has 0 radical (unpaired) electrons. The summed E-state index contributed by atoms with van der Waals surface area (Å²) >= 11 is 0. The van der Waals surface area contributed by atoms with E-state index in [0.29, 0.717) is 30.3 Å². The van der Waals surface area contributed by atoms with Crippen LogP contribution in [-0.2, 0) is 9.53 Å². The van der Waals surface area contributed by atoms with E-state index in [1.807, 2.05) is 24.3 Å².